The lowest BCUT2D eigenvalue weighted by Gasteiger charge is -2.42. The van der Waals surface area contributed by atoms with E-state index in [0.717, 1.165) is 5.56 Å². The smallest absolute Gasteiger partial charge is 0.240 e. The number of fused-ring (bicyclic) bond motifs is 3. The summed E-state index contributed by atoms with van der Waals surface area (Å²) in [4.78, 5) is 40.4. The molecule has 0 bridgehead atoms. The van der Waals surface area contributed by atoms with Crippen molar-refractivity contribution < 1.29 is 62.5 Å². The Hall–Kier alpha value is -4.22. The van der Waals surface area contributed by atoms with Gasteiger partial charge >= 0.3 is 0 Å². The highest BCUT2D eigenvalue weighted by Crippen LogP contribution is 2.52. The maximum atomic E-state index is 13.9. The predicted octanol–water partition coefficient (Wildman–Crippen LogP) is 1.33. The normalized spacial score (nSPS) is 26.4. The molecule has 0 aromatic heterocycles. The number of phenolic OH excluding ortho intramolecular Hbond substituents is 2. The van der Waals surface area contributed by atoms with Crippen molar-refractivity contribution in [3.05, 3.63) is 81.4 Å². The fourth-order valence-corrected chi connectivity index (χ4v) is 8.08. The third kappa shape index (κ3) is 5.80. The van der Waals surface area contributed by atoms with E-state index >= 15 is 0 Å². The van der Waals surface area contributed by atoms with Crippen LogP contribution < -0.4 is 9.46 Å². The molecule has 1 aliphatic heterocycles. The molecule has 3 aromatic rings. The zero-order chi connectivity index (χ0) is 35.6. The van der Waals surface area contributed by atoms with Gasteiger partial charge in [-0.3, -0.25) is 14.4 Å². The molecule has 15 heteroatoms. The van der Waals surface area contributed by atoms with E-state index in [9.17, 15) is 48.3 Å². The van der Waals surface area contributed by atoms with E-state index in [4.69, 9.17) is 14.2 Å². The average Bonchev–Trinajstić information content (AvgIpc) is 3.06. The molecule has 3 aliphatic rings. The largest absolute Gasteiger partial charge is 0.507 e. The molecule has 0 saturated carbocycles. The van der Waals surface area contributed by atoms with Gasteiger partial charge in [0.2, 0.25) is 15.8 Å². The quantitative estimate of drug-likeness (QED) is 0.143. The van der Waals surface area contributed by atoms with Gasteiger partial charge in [-0.05, 0) is 32.0 Å². The Bertz CT molecular complexity index is 1980. The van der Waals surface area contributed by atoms with Crippen LogP contribution in [0.4, 0.5) is 0 Å². The molecule has 1 fully saturated rings. The molecule has 6 N–H and O–H groups in total. The number of benzene rings is 3. The lowest BCUT2D eigenvalue weighted by atomic mass is 9.72. The number of aromatic hydroxyl groups is 2. The first-order valence-electron chi connectivity index (χ1n) is 15.4. The van der Waals surface area contributed by atoms with Crippen molar-refractivity contribution in [1.29, 1.82) is 0 Å². The van der Waals surface area contributed by atoms with E-state index in [-0.39, 0.29) is 39.3 Å². The van der Waals surface area contributed by atoms with Crippen molar-refractivity contribution in [2.24, 2.45) is 0 Å². The van der Waals surface area contributed by atoms with Gasteiger partial charge in [0.1, 0.15) is 29.5 Å². The number of carbonyl (C=O) groups is 3. The van der Waals surface area contributed by atoms with E-state index < -0.39 is 106 Å². The molecule has 14 nitrogen and oxygen atoms in total. The zero-order valence-electron chi connectivity index (χ0n) is 26.7. The monoisotopic (exact) mass is 697 g/mol. The van der Waals surface area contributed by atoms with Gasteiger partial charge < -0.3 is 39.7 Å². The Kier molecular flexibility index (Phi) is 8.90. The van der Waals surface area contributed by atoms with Gasteiger partial charge in [-0.25, -0.2) is 13.1 Å². The molecule has 1 saturated heterocycles. The van der Waals surface area contributed by atoms with E-state index in [1.807, 2.05) is 0 Å². The number of hydrogen-bond donors (Lipinski definition) is 6. The van der Waals surface area contributed by atoms with Gasteiger partial charge in [0.25, 0.3) is 0 Å². The summed E-state index contributed by atoms with van der Waals surface area (Å²) in [6.45, 7) is 2.18. The Morgan fingerprint density at radius 1 is 1.04 bits per heavy atom. The van der Waals surface area contributed by atoms with Crippen LogP contribution in [0, 0.1) is 6.92 Å². The van der Waals surface area contributed by atoms with Crippen LogP contribution in [0.1, 0.15) is 74.4 Å². The number of sulfonamides is 1. The second-order valence-corrected chi connectivity index (χ2v) is 14.3. The number of ether oxygens (including phenoxy) is 3. The van der Waals surface area contributed by atoms with Crippen LogP contribution in [0.3, 0.4) is 0 Å². The van der Waals surface area contributed by atoms with E-state index in [2.05, 4.69) is 4.72 Å². The lowest BCUT2D eigenvalue weighted by Crippen LogP contribution is -2.55. The highest BCUT2D eigenvalue weighted by molar-refractivity contribution is 7.89. The van der Waals surface area contributed by atoms with Crippen LogP contribution in [-0.2, 0) is 30.7 Å². The minimum atomic E-state index is -4.12. The molecule has 2 aliphatic carbocycles. The average molecular weight is 698 g/mol. The molecule has 260 valence electrons. The Labute approximate surface area is 280 Å². The Morgan fingerprint density at radius 2 is 1.71 bits per heavy atom. The number of aryl methyl sites for hydroxylation is 1. The number of hydrogen-bond acceptors (Lipinski definition) is 13. The van der Waals surface area contributed by atoms with Crippen molar-refractivity contribution in [3.8, 4) is 17.2 Å². The van der Waals surface area contributed by atoms with E-state index in [0.29, 0.717) is 0 Å². The number of ketones is 3. The van der Waals surface area contributed by atoms with Crippen molar-refractivity contribution in [2.45, 2.75) is 74.3 Å². The van der Waals surface area contributed by atoms with Crippen LogP contribution in [0.15, 0.2) is 47.4 Å². The van der Waals surface area contributed by atoms with Crippen LogP contribution in [-0.4, -0.2) is 95.2 Å². The van der Waals surface area contributed by atoms with E-state index in [1.165, 1.54) is 44.4 Å². The summed E-state index contributed by atoms with van der Waals surface area (Å²) in [6, 6.07) is 9.20. The van der Waals surface area contributed by atoms with Crippen LogP contribution in [0.5, 0.6) is 17.2 Å². The Morgan fingerprint density at radius 3 is 2.37 bits per heavy atom. The van der Waals surface area contributed by atoms with Gasteiger partial charge in [0.05, 0.1) is 53.0 Å². The molecular formula is C34H35NO13S. The standard InChI is InChI=1S/C34H35NO13S/c1-15-7-9-17(10-8-15)49(44,45)35-20-11-24(47-16(2)29(20)38)48-22-13-34(43,23(37)14-36)12-19-26(22)33(42)28-27(31(19)40)30(39)18-5-4-6-21(46-3)25(18)32(28)41/h4-10,16,20,22,24,29,35-36,38,40,42-43H,11-14H2,1-3H3/t16-,20-,22-,24-,29-,34-/m0/s1. The number of methoxy groups -OCH3 is 1. The third-order valence-corrected chi connectivity index (χ3v) is 10.9. The summed E-state index contributed by atoms with van der Waals surface area (Å²) in [7, 11) is -2.82. The molecule has 0 amide bonds. The number of aliphatic hydroxyl groups is 3. The topological polar surface area (TPSA) is 226 Å². The fraction of sp³-hybridized carbons (Fsp3) is 0.382. The zero-order valence-corrected chi connectivity index (χ0v) is 27.5. The van der Waals surface area contributed by atoms with Gasteiger partial charge in [-0.2, -0.15) is 0 Å². The molecular weight excluding hydrogens is 662 g/mol. The third-order valence-electron chi connectivity index (χ3n) is 9.40. The number of rotatable bonds is 8. The van der Waals surface area contributed by atoms with Gasteiger partial charge in [0.15, 0.2) is 17.9 Å². The molecule has 0 radical (unpaired) electrons. The molecule has 0 unspecified atom stereocenters. The van der Waals surface area contributed by atoms with Gasteiger partial charge in [-0.15, -0.1) is 0 Å². The number of phenols is 2. The number of aliphatic hydroxyl groups excluding tert-OH is 2. The minimum Gasteiger partial charge on any atom is -0.507 e. The van der Waals surface area contributed by atoms with E-state index in [1.54, 1.807) is 19.1 Å². The number of Topliss-reactive ketones (excluding diaryl/α,β-unsaturated/α-hetero) is 1. The summed E-state index contributed by atoms with van der Waals surface area (Å²) in [6.07, 6.45) is -6.69. The summed E-state index contributed by atoms with van der Waals surface area (Å²) < 4.78 is 46.2. The molecule has 49 heavy (non-hydrogen) atoms. The molecule has 6 atom stereocenters. The lowest BCUT2D eigenvalue weighted by molar-refractivity contribution is -0.248. The SMILES string of the molecule is COc1cccc2c1C(=O)c1c(O)c3c(c(O)c1C2=O)C[C@@](O)(C(=O)CO)C[C@@H]3O[C@H]1C[C@H](NS(=O)(=O)c2ccc(C)cc2)[C@@H](O)[C@H](C)O1. The molecule has 6 rings (SSSR count). The highest BCUT2D eigenvalue weighted by Gasteiger charge is 2.50. The van der Waals surface area contributed by atoms with Crippen LogP contribution in [0.2, 0.25) is 0 Å². The second kappa shape index (κ2) is 12.6. The van der Waals surface area contributed by atoms with Crippen LogP contribution >= 0.6 is 0 Å². The second-order valence-electron chi connectivity index (χ2n) is 12.5. The first-order chi connectivity index (χ1) is 23.1. The summed E-state index contributed by atoms with van der Waals surface area (Å²) in [5.41, 5.74) is -3.33. The summed E-state index contributed by atoms with van der Waals surface area (Å²) in [5.74, 6) is -4.17. The summed E-state index contributed by atoms with van der Waals surface area (Å²) >= 11 is 0. The minimum absolute atomic E-state index is 0.0432. The van der Waals surface area contributed by atoms with Gasteiger partial charge in [-0.1, -0.05) is 29.8 Å². The number of carbonyl (C=O) groups excluding carboxylic acids is 3. The molecule has 3 aromatic carbocycles. The molecule has 0 spiro atoms. The van der Waals surface area contributed by atoms with Crippen molar-refractivity contribution in [3.63, 3.8) is 0 Å². The first-order valence-corrected chi connectivity index (χ1v) is 16.9. The maximum Gasteiger partial charge on any atom is 0.240 e. The van der Waals surface area contributed by atoms with Crippen molar-refractivity contribution >= 4 is 27.4 Å². The maximum absolute atomic E-state index is 13.9. The first kappa shape index (κ1) is 34.6. The predicted molar refractivity (Wildman–Crippen MR) is 169 cm³/mol. The molecule has 1 heterocycles. The van der Waals surface area contributed by atoms with Crippen LogP contribution in [0.25, 0.3) is 0 Å². The van der Waals surface area contributed by atoms with Crippen molar-refractivity contribution in [1.82, 2.24) is 4.72 Å². The number of nitrogens with one attached hydrogen (secondary N) is 1. The fourth-order valence-electron chi connectivity index (χ4n) is 6.82. The Balaban J connectivity index is 1.41. The van der Waals surface area contributed by atoms with Gasteiger partial charge in [0, 0.05) is 36.0 Å². The highest BCUT2D eigenvalue weighted by atomic mass is 32.2. The summed E-state index contributed by atoms with van der Waals surface area (Å²) in [5, 5.41) is 55.3. The van der Waals surface area contributed by atoms with Crippen molar-refractivity contribution in [2.75, 3.05) is 13.7 Å².